The second-order valence-corrected chi connectivity index (χ2v) is 7.45. The average Bonchev–Trinajstić information content (AvgIpc) is 2.96. The third-order valence-corrected chi connectivity index (χ3v) is 6.20. The van der Waals surface area contributed by atoms with Crippen LogP contribution in [-0.2, 0) is 6.42 Å². The fourth-order valence-corrected chi connectivity index (χ4v) is 5.16. The van der Waals surface area contributed by atoms with E-state index < -0.39 is 0 Å². The first-order valence-corrected chi connectivity index (χ1v) is 9.79. The summed E-state index contributed by atoms with van der Waals surface area (Å²) in [6, 6.07) is 9.96. The van der Waals surface area contributed by atoms with E-state index >= 15 is 0 Å². The molecular formula is C23H29NO2. The molecule has 2 aliphatic rings. The van der Waals surface area contributed by atoms with Crippen LogP contribution in [0.3, 0.4) is 0 Å². The minimum atomic E-state index is 0.479. The van der Waals surface area contributed by atoms with Gasteiger partial charge in [-0.2, -0.15) is 0 Å². The molecule has 0 amide bonds. The molecule has 2 atom stereocenters. The van der Waals surface area contributed by atoms with Crippen LogP contribution in [0.2, 0.25) is 0 Å². The van der Waals surface area contributed by atoms with Gasteiger partial charge in [0.25, 0.3) is 0 Å². The molecule has 138 valence electrons. The zero-order valence-electron chi connectivity index (χ0n) is 16.6. The van der Waals surface area contributed by atoms with E-state index in [1.165, 1.54) is 46.2 Å². The Morgan fingerprint density at radius 1 is 1.04 bits per heavy atom. The fraction of sp³-hybridized carbons (Fsp3) is 0.478. The van der Waals surface area contributed by atoms with Crippen molar-refractivity contribution in [2.45, 2.75) is 52.1 Å². The number of hydrogen-bond donors (Lipinski definition) is 0. The van der Waals surface area contributed by atoms with Gasteiger partial charge in [0.05, 0.1) is 14.2 Å². The smallest absolute Gasteiger partial charge is 0.168 e. The van der Waals surface area contributed by atoms with Gasteiger partial charge in [-0.3, -0.25) is 4.90 Å². The van der Waals surface area contributed by atoms with Crippen molar-refractivity contribution in [1.29, 1.82) is 0 Å². The van der Waals surface area contributed by atoms with Gasteiger partial charge in [-0.05, 0) is 60.2 Å². The standard InChI is InChI=1S/C23H29NO2/c1-6-8-17-16-11-9-14(3)20-21-15(10-12-19(25-4)23(21)26-5)13-18(22(16)20)24(17)7-2/h9-12,17-18H,6-8,13H2,1-5H3/t17-,18+/m1/s1. The molecule has 0 bridgehead atoms. The van der Waals surface area contributed by atoms with Crippen LogP contribution in [0.4, 0.5) is 0 Å². The normalized spacial score (nSPS) is 20.7. The first-order chi connectivity index (χ1) is 12.7. The van der Waals surface area contributed by atoms with Crippen LogP contribution in [0, 0.1) is 6.92 Å². The highest BCUT2D eigenvalue weighted by molar-refractivity contribution is 5.85. The first kappa shape index (κ1) is 17.4. The molecule has 26 heavy (non-hydrogen) atoms. The molecule has 0 saturated carbocycles. The Balaban J connectivity index is 2.01. The second kappa shape index (κ2) is 6.62. The third kappa shape index (κ3) is 2.30. The van der Waals surface area contributed by atoms with Gasteiger partial charge in [0.2, 0.25) is 0 Å². The molecule has 2 aromatic rings. The zero-order valence-corrected chi connectivity index (χ0v) is 16.6. The van der Waals surface area contributed by atoms with E-state index in [2.05, 4.69) is 49.9 Å². The number of hydrogen-bond acceptors (Lipinski definition) is 3. The third-order valence-electron chi connectivity index (χ3n) is 6.20. The number of aryl methyl sites for hydroxylation is 1. The second-order valence-electron chi connectivity index (χ2n) is 7.45. The molecule has 4 rings (SSSR count). The van der Waals surface area contributed by atoms with E-state index in [-0.39, 0.29) is 0 Å². The van der Waals surface area contributed by atoms with Crippen molar-refractivity contribution in [2.24, 2.45) is 0 Å². The first-order valence-electron chi connectivity index (χ1n) is 9.79. The number of methoxy groups -OCH3 is 2. The van der Waals surface area contributed by atoms with Gasteiger partial charge >= 0.3 is 0 Å². The Labute approximate surface area is 156 Å². The molecule has 3 heteroatoms. The van der Waals surface area contributed by atoms with Gasteiger partial charge in [-0.1, -0.05) is 38.5 Å². The Morgan fingerprint density at radius 3 is 2.50 bits per heavy atom. The molecule has 0 fully saturated rings. The SMILES string of the molecule is CCC[C@@H]1c2ccc(C)c3c2[C@H](Cc2ccc(OC)c(OC)c2-3)N1CC. The number of ether oxygens (including phenoxy) is 2. The summed E-state index contributed by atoms with van der Waals surface area (Å²) >= 11 is 0. The summed E-state index contributed by atoms with van der Waals surface area (Å²) in [5.74, 6) is 1.69. The summed E-state index contributed by atoms with van der Waals surface area (Å²) in [7, 11) is 3.47. The van der Waals surface area contributed by atoms with Crippen molar-refractivity contribution in [3.05, 3.63) is 46.5 Å². The summed E-state index contributed by atoms with van der Waals surface area (Å²) in [6.45, 7) is 7.90. The number of fused-ring (bicyclic) bond motifs is 2. The van der Waals surface area contributed by atoms with Gasteiger partial charge in [-0.15, -0.1) is 0 Å². The minimum absolute atomic E-state index is 0.479. The quantitative estimate of drug-likeness (QED) is 0.714. The Morgan fingerprint density at radius 2 is 1.85 bits per heavy atom. The largest absolute Gasteiger partial charge is 0.493 e. The molecule has 2 aromatic carbocycles. The number of rotatable bonds is 5. The van der Waals surface area contributed by atoms with E-state index in [0.717, 1.165) is 24.5 Å². The molecule has 0 aromatic heterocycles. The molecule has 0 saturated heterocycles. The maximum atomic E-state index is 5.83. The maximum Gasteiger partial charge on any atom is 0.168 e. The molecule has 1 heterocycles. The lowest BCUT2D eigenvalue weighted by Gasteiger charge is -2.33. The number of likely N-dealkylation sites (N-methyl/N-ethyl adjacent to an activating group) is 1. The zero-order chi connectivity index (χ0) is 18.4. The van der Waals surface area contributed by atoms with E-state index in [1.807, 2.05) is 0 Å². The predicted octanol–water partition coefficient (Wildman–Crippen LogP) is 5.45. The lowest BCUT2D eigenvalue weighted by Crippen LogP contribution is -2.28. The topological polar surface area (TPSA) is 21.7 Å². The summed E-state index contributed by atoms with van der Waals surface area (Å²) in [5.41, 5.74) is 8.37. The van der Waals surface area contributed by atoms with Crippen molar-refractivity contribution in [3.8, 4) is 22.6 Å². The summed E-state index contributed by atoms with van der Waals surface area (Å²) < 4.78 is 11.4. The van der Waals surface area contributed by atoms with Crippen LogP contribution >= 0.6 is 0 Å². The van der Waals surface area contributed by atoms with Gasteiger partial charge < -0.3 is 9.47 Å². The van der Waals surface area contributed by atoms with Crippen LogP contribution in [0.5, 0.6) is 11.5 Å². The number of nitrogens with zero attached hydrogens (tertiary/aromatic N) is 1. The van der Waals surface area contributed by atoms with Crippen molar-refractivity contribution >= 4 is 0 Å². The predicted molar refractivity (Wildman–Crippen MR) is 106 cm³/mol. The van der Waals surface area contributed by atoms with Crippen LogP contribution < -0.4 is 9.47 Å². The van der Waals surface area contributed by atoms with E-state index in [0.29, 0.717) is 12.1 Å². The monoisotopic (exact) mass is 351 g/mol. The van der Waals surface area contributed by atoms with Gasteiger partial charge in [0.15, 0.2) is 11.5 Å². The highest BCUT2D eigenvalue weighted by Gasteiger charge is 2.42. The molecule has 0 radical (unpaired) electrons. The van der Waals surface area contributed by atoms with E-state index in [4.69, 9.17) is 9.47 Å². The van der Waals surface area contributed by atoms with Gasteiger partial charge in [0.1, 0.15) is 0 Å². The van der Waals surface area contributed by atoms with Crippen LogP contribution in [0.25, 0.3) is 11.1 Å². The van der Waals surface area contributed by atoms with Gasteiger partial charge in [0, 0.05) is 17.6 Å². The van der Waals surface area contributed by atoms with E-state index in [1.54, 1.807) is 14.2 Å². The Kier molecular flexibility index (Phi) is 4.44. The summed E-state index contributed by atoms with van der Waals surface area (Å²) in [4.78, 5) is 2.71. The van der Waals surface area contributed by atoms with E-state index in [9.17, 15) is 0 Å². The van der Waals surface area contributed by atoms with Gasteiger partial charge in [-0.25, -0.2) is 0 Å². The van der Waals surface area contributed by atoms with Crippen molar-refractivity contribution in [1.82, 2.24) is 4.90 Å². The highest BCUT2D eigenvalue weighted by Crippen LogP contribution is 2.56. The molecule has 1 aliphatic carbocycles. The summed E-state index contributed by atoms with van der Waals surface area (Å²) in [5, 5.41) is 0. The van der Waals surface area contributed by atoms with Crippen molar-refractivity contribution in [3.63, 3.8) is 0 Å². The van der Waals surface area contributed by atoms with Crippen LogP contribution in [0.1, 0.15) is 61.0 Å². The molecule has 3 nitrogen and oxygen atoms in total. The fourth-order valence-electron chi connectivity index (χ4n) is 5.16. The average molecular weight is 351 g/mol. The Bertz CT molecular complexity index is 843. The summed E-state index contributed by atoms with van der Waals surface area (Å²) in [6.07, 6.45) is 3.48. The lowest BCUT2D eigenvalue weighted by molar-refractivity contribution is 0.160. The van der Waals surface area contributed by atoms with Crippen LogP contribution in [0.15, 0.2) is 24.3 Å². The maximum absolute atomic E-state index is 5.83. The highest BCUT2D eigenvalue weighted by atomic mass is 16.5. The van der Waals surface area contributed by atoms with Crippen molar-refractivity contribution in [2.75, 3.05) is 20.8 Å². The molecule has 1 aliphatic heterocycles. The molecular weight excluding hydrogens is 322 g/mol. The van der Waals surface area contributed by atoms with Crippen molar-refractivity contribution < 1.29 is 9.47 Å². The Hall–Kier alpha value is -2.00. The van der Waals surface area contributed by atoms with Crippen LogP contribution in [-0.4, -0.2) is 25.7 Å². The molecule has 0 spiro atoms. The molecule has 0 N–H and O–H groups in total. The lowest BCUT2D eigenvalue weighted by atomic mass is 9.79. The molecule has 0 unspecified atom stereocenters. The number of benzene rings is 2. The minimum Gasteiger partial charge on any atom is -0.493 e.